The maximum Gasteiger partial charge on any atom is 0.309 e. The molecule has 0 fully saturated rings. The molecule has 0 aliphatic heterocycles. The second kappa shape index (κ2) is 3.83. The molecule has 0 unspecified atom stereocenters. The van der Waals surface area contributed by atoms with Gasteiger partial charge in [0.15, 0.2) is 0 Å². The van der Waals surface area contributed by atoms with Crippen LogP contribution in [0.5, 0.6) is 0 Å². The van der Waals surface area contributed by atoms with Crippen LogP contribution in [0.25, 0.3) is 10.8 Å². The molecule has 1 aromatic carbocycles. The molecule has 0 atom stereocenters. The zero-order valence-corrected chi connectivity index (χ0v) is 7.40. The molecule has 0 spiro atoms. The van der Waals surface area contributed by atoms with Crippen LogP contribution in [0.1, 0.15) is 5.69 Å². The van der Waals surface area contributed by atoms with Gasteiger partial charge in [-0.3, -0.25) is 4.79 Å². The molecular weight excluding hydrogens is 178 g/mol. The molecule has 69 valence electrons. The highest BCUT2D eigenvalue weighted by Crippen LogP contribution is 2.14. The minimum atomic E-state index is 0.359. The summed E-state index contributed by atoms with van der Waals surface area (Å²) in [5.74, 6) is 0. The predicted octanol–water partition coefficient (Wildman–Crippen LogP) is 0.787. The number of aromatic nitrogens is 2. The summed E-state index contributed by atoms with van der Waals surface area (Å²) in [5, 5.41) is 12.3. The summed E-state index contributed by atoms with van der Waals surface area (Å²) in [7, 11) is 0. The largest absolute Gasteiger partial charge is 0.342 e. The molecule has 14 heavy (non-hydrogen) atoms. The first-order valence-electron chi connectivity index (χ1n) is 4.21. The number of hydrogen-bond acceptors (Lipinski definition) is 3. The van der Waals surface area contributed by atoms with Crippen LogP contribution in [-0.4, -0.2) is 16.6 Å². The fraction of sp³-hybridized carbons (Fsp3) is 0.100. The summed E-state index contributed by atoms with van der Waals surface area (Å²) in [5.41, 5.74) is 0.756. The Labute approximate surface area is 81.0 Å². The van der Waals surface area contributed by atoms with E-state index in [1.165, 1.54) is 0 Å². The van der Waals surface area contributed by atoms with Crippen molar-refractivity contribution in [2.24, 2.45) is 0 Å². The number of nitrogens with zero attached hydrogens (tertiary/aromatic N) is 2. The Morgan fingerprint density at radius 1 is 1.36 bits per heavy atom. The second-order valence-electron chi connectivity index (χ2n) is 2.83. The lowest BCUT2D eigenvalue weighted by molar-refractivity contribution is 0.541. The monoisotopic (exact) mass is 186 g/mol. The molecule has 0 saturated heterocycles. The predicted molar refractivity (Wildman–Crippen MR) is 52.1 cm³/mol. The van der Waals surface area contributed by atoms with Crippen LogP contribution in [0, 0.1) is 0 Å². The van der Waals surface area contributed by atoms with E-state index in [4.69, 9.17) is 0 Å². The van der Waals surface area contributed by atoms with Crippen molar-refractivity contribution in [2.75, 3.05) is 0 Å². The van der Waals surface area contributed by atoms with Gasteiger partial charge in [-0.1, -0.05) is 24.3 Å². The van der Waals surface area contributed by atoms with E-state index in [0.717, 1.165) is 16.5 Å². The van der Waals surface area contributed by atoms with Gasteiger partial charge in [0.2, 0.25) is 0 Å². The van der Waals surface area contributed by atoms with Crippen molar-refractivity contribution in [3.05, 3.63) is 36.2 Å². The zero-order chi connectivity index (χ0) is 9.80. The molecular formula is C10H8N3O. The van der Waals surface area contributed by atoms with E-state index in [1.807, 2.05) is 24.3 Å². The molecule has 0 aliphatic carbocycles. The van der Waals surface area contributed by atoms with E-state index in [0.29, 0.717) is 6.54 Å². The van der Waals surface area contributed by atoms with Crippen molar-refractivity contribution in [1.82, 2.24) is 15.5 Å². The molecule has 2 rings (SSSR count). The molecule has 0 bridgehead atoms. The standard InChI is InChI=1S/C10H8N3O/c14-7-11-6-10-9-4-2-1-3-8(9)5-12-13-10/h1-5H,6H2,(H,11,14). The summed E-state index contributed by atoms with van der Waals surface area (Å²) in [4.78, 5) is 10.0. The van der Waals surface area contributed by atoms with Gasteiger partial charge < -0.3 is 5.32 Å². The number of amides is 1. The molecule has 1 amide bonds. The van der Waals surface area contributed by atoms with Crippen LogP contribution in [0.3, 0.4) is 0 Å². The number of hydrogen-bond donors (Lipinski definition) is 1. The van der Waals surface area contributed by atoms with E-state index in [-0.39, 0.29) is 0 Å². The van der Waals surface area contributed by atoms with Crippen LogP contribution >= 0.6 is 0 Å². The van der Waals surface area contributed by atoms with Crippen molar-refractivity contribution in [3.8, 4) is 0 Å². The van der Waals surface area contributed by atoms with Gasteiger partial charge in [0.25, 0.3) is 0 Å². The Bertz CT molecular complexity index is 451. The zero-order valence-electron chi connectivity index (χ0n) is 7.40. The van der Waals surface area contributed by atoms with Crippen molar-refractivity contribution < 1.29 is 4.79 Å². The SMILES string of the molecule is O=[C]NCc1nncc2ccccc12. The van der Waals surface area contributed by atoms with Crippen LogP contribution < -0.4 is 5.32 Å². The average molecular weight is 186 g/mol. The number of rotatable bonds is 3. The Hall–Kier alpha value is -1.97. The van der Waals surface area contributed by atoms with Crippen molar-refractivity contribution >= 4 is 17.2 Å². The van der Waals surface area contributed by atoms with Crippen molar-refractivity contribution in [3.63, 3.8) is 0 Å². The lowest BCUT2D eigenvalue weighted by atomic mass is 10.1. The van der Waals surface area contributed by atoms with Crippen molar-refractivity contribution in [2.45, 2.75) is 6.54 Å². The maximum absolute atomic E-state index is 10.0. The van der Waals surface area contributed by atoms with Crippen LogP contribution in [0.15, 0.2) is 30.5 Å². The minimum Gasteiger partial charge on any atom is -0.342 e. The fourth-order valence-corrected chi connectivity index (χ4v) is 1.34. The number of nitrogens with one attached hydrogen (secondary N) is 1. The van der Waals surface area contributed by atoms with Crippen LogP contribution in [-0.2, 0) is 11.3 Å². The lowest BCUT2D eigenvalue weighted by Crippen LogP contribution is -2.11. The third-order valence-corrected chi connectivity index (χ3v) is 1.97. The van der Waals surface area contributed by atoms with Gasteiger partial charge in [-0.15, -0.1) is 0 Å². The molecule has 1 heterocycles. The third kappa shape index (κ3) is 1.54. The molecule has 1 radical (unpaired) electrons. The minimum absolute atomic E-state index is 0.359. The smallest absolute Gasteiger partial charge is 0.309 e. The van der Waals surface area contributed by atoms with Gasteiger partial charge in [0.05, 0.1) is 18.4 Å². The van der Waals surface area contributed by atoms with Crippen LogP contribution in [0.4, 0.5) is 0 Å². The average Bonchev–Trinajstić information content (AvgIpc) is 2.26. The Morgan fingerprint density at radius 3 is 3.07 bits per heavy atom. The molecule has 0 aliphatic rings. The number of benzene rings is 1. The van der Waals surface area contributed by atoms with E-state index in [9.17, 15) is 4.79 Å². The van der Waals surface area contributed by atoms with Gasteiger partial charge in [-0.2, -0.15) is 10.2 Å². The van der Waals surface area contributed by atoms with E-state index >= 15 is 0 Å². The quantitative estimate of drug-likeness (QED) is 0.721. The molecule has 2 aromatic rings. The highest BCUT2D eigenvalue weighted by molar-refractivity contribution is 5.83. The van der Waals surface area contributed by atoms with E-state index in [1.54, 1.807) is 12.6 Å². The first-order chi connectivity index (χ1) is 6.92. The Balaban J connectivity index is 2.48. The van der Waals surface area contributed by atoms with Crippen molar-refractivity contribution in [1.29, 1.82) is 0 Å². The normalized spacial score (nSPS) is 10.0. The molecule has 4 nitrogen and oxygen atoms in total. The summed E-state index contributed by atoms with van der Waals surface area (Å²) in [6, 6.07) is 7.77. The maximum atomic E-state index is 10.0. The molecule has 1 aromatic heterocycles. The van der Waals surface area contributed by atoms with Gasteiger partial charge in [-0.25, -0.2) is 0 Å². The van der Waals surface area contributed by atoms with Gasteiger partial charge >= 0.3 is 6.41 Å². The summed E-state index contributed by atoms with van der Waals surface area (Å²) in [6.07, 6.45) is 3.31. The third-order valence-electron chi connectivity index (χ3n) is 1.97. The molecule has 0 saturated carbocycles. The lowest BCUT2D eigenvalue weighted by Gasteiger charge is -2.02. The number of fused-ring (bicyclic) bond motifs is 1. The second-order valence-corrected chi connectivity index (χ2v) is 2.83. The first kappa shape index (κ1) is 8.62. The topological polar surface area (TPSA) is 54.9 Å². The summed E-state index contributed by atoms with van der Waals surface area (Å²) >= 11 is 0. The van der Waals surface area contributed by atoms with Crippen LogP contribution in [0.2, 0.25) is 0 Å². The molecule has 1 N–H and O–H groups in total. The first-order valence-corrected chi connectivity index (χ1v) is 4.21. The van der Waals surface area contributed by atoms with Gasteiger partial charge in [-0.05, 0) is 0 Å². The van der Waals surface area contributed by atoms with E-state index < -0.39 is 0 Å². The Kier molecular flexibility index (Phi) is 2.36. The highest BCUT2D eigenvalue weighted by atomic mass is 16.1. The summed E-state index contributed by atoms with van der Waals surface area (Å²) in [6.45, 7) is 0.359. The fourth-order valence-electron chi connectivity index (χ4n) is 1.34. The summed E-state index contributed by atoms with van der Waals surface area (Å²) < 4.78 is 0. The van der Waals surface area contributed by atoms with E-state index in [2.05, 4.69) is 15.5 Å². The van der Waals surface area contributed by atoms with Gasteiger partial charge in [0.1, 0.15) is 0 Å². The van der Waals surface area contributed by atoms with Gasteiger partial charge in [0, 0.05) is 10.8 Å². The Morgan fingerprint density at radius 2 is 2.21 bits per heavy atom. The number of carbonyl (C=O) groups excluding carboxylic acids is 1. The highest BCUT2D eigenvalue weighted by Gasteiger charge is 2.01. The molecule has 4 heteroatoms.